The SMILES string of the molecule is Cc1sc2nc(CN3CCCCC3C(C)N)[nH]c(=O)c2c1C. The number of thiophene rings is 1. The number of nitrogens with zero attached hydrogens (tertiary/aromatic N) is 2. The number of H-pyrrole nitrogens is 1. The lowest BCUT2D eigenvalue weighted by molar-refractivity contribution is 0.120. The quantitative estimate of drug-likeness (QED) is 0.910. The zero-order valence-corrected chi connectivity index (χ0v) is 14.3. The first-order valence-corrected chi connectivity index (χ1v) is 8.77. The van der Waals surface area contributed by atoms with Crippen LogP contribution in [-0.2, 0) is 6.54 Å². The molecule has 1 aliphatic rings. The second kappa shape index (κ2) is 6.10. The third-order valence-electron chi connectivity index (χ3n) is 4.71. The van der Waals surface area contributed by atoms with E-state index in [9.17, 15) is 4.79 Å². The molecule has 120 valence electrons. The molecule has 0 amide bonds. The summed E-state index contributed by atoms with van der Waals surface area (Å²) in [6.45, 7) is 7.79. The van der Waals surface area contributed by atoms with Crippen molar-refractivity contribution in [2.24, 2.45) is 5.73 Å². The predicted molar refractivity (Wildman–Crippen MR) is 91.4 cm³/mol. The molecule has 0 saturated carbocycles. The van der Waals surface area contributed by atoms with Gasteiger partial charge in [0.25, 0.3) is 5.56 Å². The Hall–Kier alpha value is -1.24. The summed E-state index contributed by atoms with van der Waals surface area (Å²) >= 11 is 1.60. The predicted octanol–water partition coefficient (Wildman–Crippen LogP) is 2.30. The van der Waals surface area contributed by atoms with E-state index in [1.165, 1.54) is 12.8 Å². The fourth-order valence-electron chi connectivity index (χ4n) is 3.37. The minimum Gasteiger partial charge on any atom is -0.327 e. The number of rotatable bonds is 3. The van der Waals surface area contributed by atoms with Gasteiger partial charge in [-0.15, -0.1) is 11.3 Å². The van der Waals surface area contributed by atoms with Gasteiger partial charge in [-0.05, 0) is 45.7 Å². The van der Waals surface area contributed by atoms with Gasteiger partial charge in [0, 0.05) is 17.0 Å². The summed E-state index contributed by atoms with van der Waals surface area (Å²) in [5, 5.41) is 0.744. The summed E-state index contributed by atoms with van der Waals surface area (Å²) in [6.07, 6.45) is 3.54. The molecule has 0 bridgehead atoms. The summed E-state index contributed by atoms with van der Waals surface area (Å²) in [5.74, 6) is 0.756. The molecule has 0 spiro atoms. The molecule has 5 nitrogen and oxygen atoms in total. The molecule has 2 aromatic heterocycles. The number of aryl methyl sites for hydroxylation is 2. The third kappa shape index (κ3) is 2.83. The maximum Gasteiger partial charge on any atom is 0.259 e. The second-order valence-corrected chi connectivity index (χ2v) is 7.57. The van der Waals surface area contributed by atoms with Gasteiger partial charge in [0.15, 0.2) is 0 Å². The molecule has 22 heavy (non-hydrogen) atoms. The Morgan fingerprint density at radius 2 is 2.23 bits per heavy atom. The third-order valence-corrected chi connectivity index (χ3v) is 5.81. The lowest BCUT2D eigenvalue weighted by atomic mass is 9.97. The maximum absolute atomic E-state index is 12.4. The minimum atomic E-state index is -0.0174. The van der Waals surface area contributed by atoms with Crippen LogP contribution in [0.5, 0.6) is 0 Å². The van der Waals surface area contributed by atoms with Crippen molar-refractivity contribution in [1.29, 1.82) is 0 Å². The molecule has 6 heteroatoms. The van der Waals surface area contributed by atoms with Crippen LogP contribution in [0.4, 0.5) is 0 Å². The summed E-state index contributed by atoms with van der Waals surface area (Å²) < 4.78 is 0. The topological polar surface area (TPSA) is 75.0 Å². The first-order chi connectivity index (χ1) is 10.5. The second-order valence-electron chi connectivity index (χ2n) is 6.37. The number of aromatic amines is 1. The first-order valence-electron chi connectivity index (χ1n) is 7.96. The van der Waals surface area contributed by atoms with Crippen LogP contribution in [0.15, 0.2) is 4.79 Å². The number of piperidine rings is 1. The Balaban J connectivity index is 1.92. The van der Waals surface area contributed by atoms with Crippen molar-refractivity contribution in [2.45, 2.75) is 58.7 Å². The molecule has 1 aliphatic heterocycles. The number of hydrogen-bond donors (Lipinski definition) is 2. The number of nitrogens with two attached hydrogens (primary N) is 1. The molecule has 0 aromatic carbocycles. The van der Waals surface area contributed by atoms with Crippen LogP contribution < -0.4 is 11.3 Å². The molecule has 1 fully saturated rings. The van der Waals surface area contributed by atoms with E-state index in [0.29, 0.717) is 12.6 Å². The van der Waals surface area contributed by atoms with Crippen LogP contribution in [0.3, 0.4) is 0 Å². The van der Waals surface area contributed by atoms with Gasteiger partial charge in [0.2, 0.25) is 0 Å². The summed E-state index contributed by atoms with van der Waals surface area (Å²) in [4.78, 5) is 24.4. The summed E-state index contributed by atoms with van der Waals surface area (Å²) in [5.41, 5.74) is 7.15. The Morgan fingerprint density at radius 3 is 2.95 bits per heavy atom. The number of fused-ring (bicyclic) bond motifs is 1. The highest BCUT2D eigenvalue weighted by Crippen LogP contribution is 2.26. The number of aromatic nitrogens is 2. The van der Waals surface area contributed by atoms with E-state index in [1.54, 1.807) is 11.3 Å². The van der Waals surface area contributed by atoms with Crippen molar-refractivity contribution in [3.8, 4) is 0 Å². The highest BCUT2D eigenvalue weighted by atomic mass is 32.1. The lowest BCUT2D eigenvalue weighted by Gasteiger charge is -2.37. The smallest absolute Gasteiger partial charge is 0.259 e. The van der Waals surface area contributed by atoms with Crippen molar-refractivity contribution in [3.05, 3.63) is 26.6 Å². The molecular formula is C16H24N4OS. The Morgan fingerprint density at radius 1 is 1.45 bits per heavy atom. The van der Waals surface area contributed by atoms with Gasteiger partial charge < -0.3 is 10.7 Å². The minimum absolute atomic E-state index is 0.0174. The van der Waals surface area contributed by atoms with Crippen LogP contribution >= 0.6 is 11.3 Å². The van der Waals surface area contributed by atoms with Crippen molar-refractivity contribution < 1.29 is 0 Å². The van der Waals surface area contributed by atoms with E-state index in [4.69, 9.17) is 5.73 Å². The highest BCUT2D eigenvalue weighted by molar-refractivity contribution is 7.18. The molecule has 3 heterocycles. The molecule has 2 unspecified atom stereocenters. The van der Waals surface area contributed by atoms with Crippen LogP contribution in [0, 0.1) is 13.8 Å². The fourth-order valence-corrected chi connectivity index (χ4v) is 4.42. The van der Waals surface area contributed by atoms with Gasteiger partial charge in [0.1, 0.15) is 10.7 Å². The van der Waals surface area contributed by atoms with Gasteiger partial charge in [-0.3, -0.25) is 9.69 Å². The van der Waals surface area contributed by atoms with Gasteiger partial charge in [-0.1, -0.05) is 6.42 Å². The molecule has 0 radical (unpaired) electrons. The number of hydrogen-bond acceptors (Lipinski definition) is 5. The van der Waals surface area contributed by atoms with Crippen molar-refractivity contribution in [1.82, 2.24) is 14.9 Å². The van der Waals surface area contributed by atoms with Gasteiger partial charge in [-0.2, -0.15) is 0 Å². The molecule has 1 saturated heterocycles. The first kappa shape index (κ1) is 15.6. The fraction of sp³-hybridized carbons (Fsp3) is 0.625. The van der Waals surface area contributed by atoms with E-state index < -0.39 is 0 Å². The van der Waals surface area contributed by atoms with Gasteiger partial charge >= 0.3 is 0 Å². The van der Waals surface area contributed by atoms with E-state index >= 15 is 0 Å². The maximum atomic E-state index is 12.4. The number of nitrogens with one attached hydrogen (secondary N) is 1. The van der Waals surface area contributed by atoms with E-state index in [-0.39, 0.29) is 11.6 Å². The number of likely N-dealkylation sites (tertiary alicyclic amines) is 1. The highest BCUT2D eigenvalue weighted by Gasteiger charge is 2.26. The van der Waals surface area contributed by atoms with E-state index in [1.807, 2.05) is 13.8 Å². The molecule has 3 N–H and O–H groups in total. The van der Waals surface area contributed by atoms with Crippen LogP contribution in [-0.4, -0.2) is 33.5 Å². The van der Waals surface area contributed by atoms with Crippen molar-refractivity contribution in [3.63, 3.8) is 0 Å². The normalized spacial score (nSPS) is 21.4. The molecule has 2 atom stereocenters. The van der Waals surface area contributed by atoms with Crippen molar-refractivity contribution in [2.75, 3.05) is 6.54 Å². The summed E-state index contributed by atoms with van der Waals surface area (Å²) in [7, 11) is 0. The Labute approximate surface area is 134 Å². The zero-order chi connectivity index (χ0) is 15.9. The molecular weight excluding hydrogens is 296 g/mol. The molecule has 3 rings (SSSR count). The zero-order valence-electron chi connectivity index (χ0n) is 13.5. The lowest BCUT2D eigenvalue weighted by Crippen LogP contribution is -2.48. The van der Waals surface area contributed by atoms with Crippen LogP contribution in [0.25, 0.3) is 10.2 Å². The standard InChI is InChI=1S/C16H24N4OS/c1-9-11(3)22-16-14(9)15(21)18-13(19-16)8-20-7-5-4-6-12(20)10(2)17/h10,12H,4-8,17H2,1-3H3,(H,18,19,21). The molecule has 2 aromatic rings. The average molecular weight is 320 g/mol. The van der Waals surface area contributed by atoms with E-state index in [2.05, 4.69) is 21.8 Å². The van der Waals surface area contributed by atoms with Crippen LogP contribution in [0.1, 0.15) is 42.5 Å². The Kier molecular flexibility index (Phi) is 4.34. The van der Waals surface area contributed by atoms with Crippen LogP contribution in [0.2, 0.25) is 0 Å². The largest absolute Gasteiger partial charge is 0.327 e. The Bertz CT molecular complexity index is 734. The molecule has 0 aliphatic carbocycles. The monoisotopic (exact) mass is 320 g/mol. The van der Waals surface area contributed by atoms with Gasteiger partial charge in [0.05, 0.1) is 11.9 Å². The van der Waals surface area contributed by atoms with Crippen molar-refractivity contribution >= 4 is 21.6 Å². The summed E-state index contributed by atoms with van der Waals surface area (Å²) in [6, 6.07) is 0.517. The van der Waals surface area contributed by atoms with Gasteiger partial charge in [-0.25, -0.2) is 4.98 Å². The van der Waals surface area contributed by atoms with E-state index in [0.717, 1.165) is 39.4 Å². The average Bonchev–Trinajstić information content (AvgIpc) is 2.74.